The Morgan fingerprint density at radius 3 is 2.78 bits per heavy atom. The summed E-state index contributed by atoms with van der Waals surface area (Å²) >= 11 is 3.09. The molecule has 0 aliphatic carbocycles. The van der Waals surface area contributed by atoms with Crippen molar-refractivity contribution in [2.75, 3.05) is 5.32 Å². The Bertz CT molecular complexity index is 637. The second-order valence-electron chi connectivity index (χ2n) is 5.85. The second-order valence-corrected chi connectivity index (χ2v) is 8.16. The molecule has 2 aromatic heterocycles. The maximum Gasteiger partial charge on any atom is 0.226 e. The number of carbonyl (C=O) groups is 1. The van der Waals surface area contributed by atoms with Crippen LogP contribution in [0.1, 0.15) is 58.1 Å². The van der Waals surface area contributed by atoms with E-state index < -0.39 is 0 Å². The number of aromatic nitrogens is 2. The van der Waals surface area contributed by atoms with Gasteiger partial charge in [-0.05, 0) is 5.92 Å². The number of hydrogen-bond acceptors (Lipinski definition) is 6. The van der Waals surface area contributed by atoms with Gasteiger partial charge in [0.15, 0.2) is 5.13 Å². The summed E-state index contributed by atoms with van der Waals surface area (Å²) in [6, 6.07) is 0. The number of anilines is 1. The topological polar surface area (TPSA) is 68.0 Å². The molecule has 1 unspecified atom stereocenters. The van der Waals surface area contributed by atoms with Crippen LogP contribution < -0.4 is 5.32 Å². The Labute approximate surface area is 145 Å². The van der Waals surface area contributed by atoms with Crippen LogP contribution in [0.5, 0.6) is 0 Å². The molecule has 1 atom stereocenters. The van der Waals surface area contributed by atoms with E-state index in [2.05, 4.69) is 43.0 Å². The average Bonchev–Trinajstić information content (AvgIpc) is 3.13. The number of nitrogens with zero attached hydrogens (tertiary/aromatic N) is 2. The fourth-order valence-corrected chi connectivity index (χ4v) is 3.55. The Balaban J connectivity index is 1.83. The molecule has 0 radical (unpaired) electrons. The van der Waals surface area contributed by atoms with Gasteiger partial charge in [0.2, 0.25) is 11.8 Å². The minimum Gasteiger partial charge on any atom is -0.445 e. The van der Waals surface area contributed by atoms with E-state index in [-0.39, 0.29) is 5.91 Å². The van der Waals surface area contributed by atoms with Crippen molar-refractivity contribution in [1.29, 1.82) is 0 Å². The molecule has 2 rings (SSSR count). The molecule has 0 spiro atoms. The highest BCUT2D eigenvalue weighted by atomic mass is 32.2. The van der Waals surface area contributed by atoms with Crippen LogP contribution in [-0.2, 0) is 10.5 Å². The van der Waals surface area contributed by atoms with Gasteiger partial charge in [0.25, 0.3) is 0 Å². The molecule has 1 N–H and O–H groups in total. The first kappa shape index (κ1) is 18.0. The summed E-state index contributed by atoms with van der Waals surface area (Å²) in [5, 5.41) is 3.51. The summed E-state index contributed by atoms with van der Waals surface area (Å²) in [4.78, 5) is 20.4. The van der Waals surface area contributed by atoms with Gasteiger partial charge in [-0.25, -0.2) is 9.97 Å². The molecule has 7 heteroatoms. The molecule has 0 saturated heterocycles. The summed E-state index contributed by atoms with van der Waals surface area (Å²) in [7, 11) is 0. The minimum absolute atomic E-state index is 0.0273. The molecule has 0 saturated carbocycles. The highest BCUT2D eigenvalue weighted by Crippen LogP contribution is 2.31. The van der Waals surface area contributed by atoms with Crippen molar-refractivity contribution in [2.24, 2.45) is 5.92 Å². The summed E-state index contributed by atoms with van der Waals surface area (Å²) in [6.45, 7) is 8.32. The largest absolute Gasteiger partial charge is 0.445 e. The number of thioether (sulfide) groups is 1. The Morgan fingerprint density at radius 2 is 2.13 bits per heavy atom. The minimum atomic E-state index is 0.0273. The lowest BCUT2D eigenvalue weighted by Gasteiger charge is -2.06. The van der Waals surface area contributed by atoms with Gasteiger partial charge >= 0.3 is 0 Å². The predicted molar refractivity (Wildman–Crippen MR) is 95.0 cm³/mol. The summed E-state index contributed by atoms with van der Waals surface area (Å²) in [5.74, 6) is 3.05. The van der Waals surface area contributed by atoms with Crippen molar-refractivity contribution in [1.82, 2.24) is 9.97 Å². The van der Waals surface area contributed by atoms with Crippen molar-refractivity contribution in [3.8, 4) is 0 Å². The molecule has 2 heterocycles. The number of rotatable bonds is 8. The van der Waals surface area contributed by atoms with Gasteiger partial charge in [0, 0.05) is 12.3 Å². The van der Waals surface area contributed by atoms with Gasteiger partial charge in [-0.1, -0.05) is 45.5 Å². The van der Waals surface area contributed by atoms with E-state index >= 15 is 0 Å². The first-order chi connectivity index (χ1) is 11.0. The van der Waals surface area contributed by atoms with Crippen LogP contribution in [0.4, 0.5) is 5.13 Å². The first-order valence-electron chi connectivity index (χ1n) is 7.81. The SMILES string of the molecule is CCC(C)CC(=O)Nc1ncc(SCc2ncc(C(C)C)o2)s1. The van der Waals surface area contributed by atoms with Crippen LogP contribution in [0.3, 0.4) is 0 Å². The van der Waals surface area contributed by atoms with E-state index in [1.807, 2.05) is 0 Å². The van der Waals surface area contributed by atoms with Crippen molar-refractivity contribution in [2.45, 2.75) is 56.4 Å². The zero-order valence-electron chi connectivity index (χ0n) is 14.0. The zero-order chi connectivity index (χ0) is 16.8. The molecular weight excluding hydrogens is 330 g/mol. The van der Waals surface area contributed by atoms with Crippen LogP contribution >= 0.6 is 23.1 Å². The zero-order valence-corrected chi connectivity index (χ0v) is 15.6. The van der Waals surface area contributed by atoms with Crippen LogP contribution in [0.15, 0.2) is 21.0 Å². The van der Waals surface area contributed by atoms with E-state index in [0.29, 0.717) is 29.1 Å². The van der Waals surface area contributed by atoms with Crippen LogP contribution in [0.25, 0.3) is 0 Å². The molecule has 1 amide bonds. The molecule has 0 aromatic carbocycles. The molecule has 0 fully saturated rings. The van der Waals surface area contributed by atoms with Crippen LogP contribution in [-0.4, -0.2) is 15.9 Å². The summed E-state index contributed by atoms with van der Waals surface area (Å²) in [5.41, 5.74) is 0. The molecule has 2 aromatic rings. The molecule has 23 heavy (non-hydrogen) atoms. The second kappa shape index (κ2) is 8.49. The van der Waals surface area contributed by atoms with Gasteiger partial charge in [0.05, 0.1) is 22.4 Å². The van der Waals surface area contributed by atoms with Gasteiger partial charge in [-0.3, -0.25) is 4.79 Å². The molecule has 0 bridgehead atoms. The molecule has 5 nitrogen and oxygen atoms in total. The maximum absolute atomic E-state index is 11.9. The van der Waals surface area contributed by atoms with Crippen LogP contribution in [0.2, 0.25) is 0 Å². The Morgan fingerprint density at radius 1 is 1.35 bits per heavy atom. The monoisotopic (exact) mass is 353 g/mol. The number of oxazole rings is 1. The average molecular weight is 354 g/mol. The number of thiazole rings is 1. The van der Waals surface area contributed by atoms with E-state index in [9.17, 15) is 4.79 Å². The van der Waals surface area contributed by atoms with E-state index in [4.69, 9.17) is 4.42 Å². The molecular formula is C16H23N3O2S2. The molecule has 0 aliphatic rings. The summed E-state index contributed by atoms with van der Waals surface area (Å²) < 4.78 is 6.71. The van der Waals surface area contributed by atoms with Gasteiger partial charge in [-0.2, -0.15) is 0 Å². The lowest BCUT2D eigenvalue weighted by molar-refractivity contribution is -0.117. The van der Waals surface area contributed by atoms with Crippen molar-refractivity contribution >= 4 is 34.1 Å². The highest BCUT2D eigenvalue weighted by molar-refractivity contribution is 8.00. The van der Waals surface area contributed by atoms with Gasteiger partial charge < -0.3 is 9.73 Å². The van der Waals surface area contributed by atoms with E-state index in [1.54, 1.807) is 24.2 Å². The third kappa shape index (κ3) is 5.66. The van der Waals surface area contributed by atoms with Crippen molar-refractivity contribution < 1.29 is 9.21 Å². The van der Waals surface area contributed by atoms with Gasteiger partial charge in [0.1, 0.15) is 5.76 Å². The van der Waals surface area contributed by atoms with Crippen LogP contribution in [0, 0.1) is 5.92 Å². The number of carbonyl (C=O) groups excluding carboxylic acids is 1. The van der Waals surface area contributed by atoms with Crippen molar-refractivity contribution in [3.05, 3.63) is 24.0 Å². The molecule has 0 aliphatic heterocycles. The smallest absolute Gasteiger partial charge is 0.226 e. The predicted octanol–water partition coefficient (Wildman–Crippen LogP) is 4.92. The lowest BCUT2D eigenvalue weighted by atomic mass is 10.1. The Kier molecular flexibility index (Phi) is 6.65. The van der Waals surface area contributed by atoms with Crippen molar-refractivity contribution in [3.63, 3.8) is 0 Å². The van der Waals surface area contributed by atoms with Gasteiger partial charge in [-0.15, -0.1) is 11.8 Å². The first-order valence-corrected chi connectivity index (χ1v) is 9.61. The fourth-order valence-electron chi connectivity index (χ4n) is 1.81. The highest BCUT2D eigenvalue weighted by Gasteiger charge is 2.12. The van der Waals surface area contributed by atoms with E-state index in [1.165, 1.54) is 11.3 Å². The fraction of sp³-hybridized carbons (Fsp3) is 0.562. The maximum atomic E-state index is 11.9. The lowest BCUT2D eigenvalue weighted by Crippen LogP contribution is -2.14. The number of hydrogen-bond donors (Lipinski definition) is 1. The quantitative estimate of drug-likeness (QED) is 0.682. The Hall–Kier alpha value is -1.34. The third-order valence-electron chi connectivity index (χ3n) is 3.44. The number of nitrogens with one attached hydrogen (secondary N) is 1. The number of amides is 1. The molecule has 126 valence electrons. The summed E-state index contributed by atoms with van der Waals surface area (Å²) in [6.07, 6.45) is 5.10. The standard InChI is InChI=1S/C16H23N3O2S2/c1-5-11(4)6-13(20)19-16-18-8-15(23-16)22-9-14-17-7-12(21-14)10(2)3/h7-8,10-11H,5-6,9H2,1-4H3,(H,18,19,20). The van der Waals surface area contributed by atoms with E-state index in [0.717, 1.165) is 22.3 Å². The normalized spacial score (nSPS) is 12.6. The third-order valence-corrected chi connectivity index (χ3v) is 5.53.